The zero-order chi connectivity index (χ0) is 18.4. The quantitative estimate of drug-likeness (QED) is 0.585. The van der Waals surface area contributed by atoms with Crippen LogP contribution in [0.15, 0.2) is 40.8 Å². The summed E-state index contributed by atoms with van der Waals surface area (Å²) >= 11 is 0. The van der Waals surface area contributed by atoms with E-state index < -0.39 is 17.3 Å². The average molecular weight is 349 g/mol. The van der Waals surface area contributed by atoms with Crippen LogP contribution in [0.3, 0.4) is 0 Å². The van der Waals surface area contributed by atoms with Crippen LogP contribution in [0.4, 0.5) is 13.2 Å². The molecule has 0 amide bonds. The van der Waals surface area contributed by atoms with Crippen molar-refractivity contribution in [3.63, 3.8) is 0 Å². The molecule has 3 rings (SSSR count). The fraction of sp³-hybridized carbons (Fsp3) is 0.316. The monoisotopic (exact) mass is 349 g/mol. The van der Waals surface area contributed by atoms with Gasteiger partial charge in [-0.1, -0.05) is 51.1 Å². The molecular weight excluding hydrogens is 331 g/mol. The van der Waals surface area contributed by atoms with E-state index in [4.69, 9.17) is 9.15 Å². The molecule has 1 aromatic carbocycles. The lowest BCUT2D eigenvalue weighted by Crippen LogP contribution is -2.19. The second-order valence-electron chi connectivity index (χ2n) is 6.81. The van der Waals surface area contributed by atoms with Gasteiger partial charge in [-0.25, -0.2) is 4.98 Å². The Morgan fingerprint density at radius 3 is 2.16 bits per heavy atom. The van der Waals surface area contributed by atoms with Crippen molar-refractivity contribution in [1.29, 1.82) is 0 Å². The highest BCUT2D eigenvalue weighted by molar-refractivity contribution is 5.90. The summed E-state index contributed by atoms with van der Waals surface area (Å²) in [5.74, 6) is 0.574. The number of methoxy groups -OCH3 is 1. The number of hydrogen-bond acceptors (Lipinski definition) is 3. The Hall–Kier alpha value is -2.50. The number of fused-ring (bicyclic) bond motifs is 1. The molecule has 0 saturated carbocycles. The van der Waals surface area contributed by atoms with Gasteiger partial charge in [-0.15, -0.1) is 0 Å². The fourth-order valence-electron chi connectivity index (χ4n) is 2.72. The number of pyridine rings is 1. The van der Waals surface area contributed by atoms with Gasteiger partial charge in [0.2, 0.25) is 0 Å². The number of rotatable bonds is 2. The summed E-state index contributed by atoms with van der Waals surface area (Å²) in [6, 6.07) is 10.3. The van der Waals surface area contributed by atoms with E-state index in [0.717, 1.165) is 0 Å². The Bertz CT molecular complexity index is 906. The third-order valence-corrected chi connectivity index (χ3v) is 3.87. The lowest BCUT2D eigenvalue weighted by Gasteiger charge is -2.22. The van der Waals surface area contributed by atoms with Crippen LogP contribution in [0.2, 0.25) is 0 Å². The minimum atomic E-state index is -4.59. The highest BCUT2D eigenvalue weighted by atomic mass is 19.4. The topological polar surface area (TPSA) is 35.3 Å². The second-order valence-corrected chi connectivity index (χ2v) is 6.81. The lowest BCUT2D eigenvalue weighted by atomic mass is 9.90. The lowest BCUT2D eigenvalue weighted by molar-refractivity contribution is -0.140. The molecule has 2 aromatic heterocycles. The SMILES string of the molecule is COc1c(C(C)(C)C)nc(C(F)(F)F)c2cc(-c3ccccc3)oc12. The van der Waals surface area contributed by atoms with Gasteiger partial charge < -0.3 is 9.15 Å². The number of furan rings is 1. The molecule has 0 radical (unpaired) electrons. The number of aromatic nitrogens is 1. The number of hydrogen-bond donors (Lipinski definition) is 0. The van der Waals surface area contributed by atoms with Crippen LogP contribution in [0.1, 0.15) is 32.2 Å². The zero-order valence-electron chi connectivity index (χ0n) is 14.4. The molecule has 0 aliphatic rings. The van der Waals surface area contributed by atoms with E-state index in [1.165, 1.54) is 13.2 Å². The molecule has 2 heterocycles. The first-order valence-electron chi connectivity index (χ1n) is 7.77. The molecule has 0 spiro atoms. The molecule has 0 N–H and O–H groups in total. The molecule has 3 aromatic rings. The first kappa shape index (κ1) is 17.3. The number of nitrogens with zero attached hydrogens (tertiary/aromatic N) is 1. The van der Waals surface area contributed by atoms with E-state index in [2.05, 4.69) is 4.98 Å². The predicted octanol–water partition coefficient (Wildman–Crippen LogP) is 5.82. The molecule has 0 saturated heterocycles. The van der Waals surface area contributed by atoms with Gasteiger partial charge in [0.25, 0.3) is 0 Å². The van der Waals surface area contributed by atoms with Gasteiger partial charge in [-0.05, 0) is 6.07 Å². The van der Waals surface area contributed by atoms with Crippen LogP contribution in [0.25, 0.3) is 22.3 Å². The summed E-state index contributed by atoms with van der Waals surface area (Å²) in [4.78, 5) is 3.91. The van der Waals surface area contributed by atoms with Gasteiger partial charge in [0.1, 0.15) is 5.76 Å². The van der Waals surface area contributed by atoms with Crippen molar-refractivity contribution in [2.75, 3.05) is 7.11 Å². The maximum absolute atomic E-state index is 13.6. The third kappa shape index (κ3) is 3.08. The van der Waals surface area contributed by atoms with Crippen LogP contribution < -0.4 is 4.74 Å². The minimum Gasteiger partial charge on any atom is -0.491 e. The van der Waals surface area contributed by atoms with Gasteiger partial charge in [-0.3, -0.25) is 0 Å². The molecule has 0 atom stereocenters. The van der Waals surface area contributed by atoms with Crippen molar-refractivity contribution >= 4 is 11.0 Å². The Kier molecular flexibility index (Phi) is 4.01. The molecule has 0 fully saturated rings. The molecule has 3 nitrogen and oxygen atoms in total. The molecule has 0 unspecified atom stereocenters. The first-order chi connectivity index (χ1) is 11.6. The van der Waals surface area contributed by atoms with E-state index in [1.807, 2.05) is 6.07 Å². The second kappa shape index (κ2) is 5.79. The minimum absolute atomic E-state index is 0.0635. The largest absolute Gasteiger partial charge is 0.491 e. The Morgan fingerprint density at radius 1 is 1.00 bits per heavy atom. The Labute approximate surface area is 143 Å². The molecule has 25 heavy (non-hydrogen) atoms. The summed E-state index contributed by atoms with van der Waals surface area (Å²) in [7, 11) is 1.41. The van der Waals surface area contributed by atoms with Crippen molar-refractivity contribution in [3.8, 4) is 17.1 Å². The summed E-state index contributed by atoms with van der Waals surface area (Å²) in [6.45, 7) is 5.35. The van der Waals surface area contributed by atoms with E-state index in [0.29, 0.717) is 11.3 Å². The van der Waals surface area contributed by atoms with Crippen LogP contribution in [-0.4, -0.2) is 12.1 Å². The van der Waals surface area contributed by atoms with E-state index in [-0.39, 0.29) is 22.4 Å². The van der Waals surface area contributed by atoms with Gasteiger partial charge in [0.15, 0.2) is 17.0 Å². The van der Waals surface area contributed by atoms with Crippen molar-refractivity contribution in [3.05, 3.63) is 47.8 Å². The van der Waals surface area contributed by atoms with E-state index in [9.17, 15) is 13.2 Å². The van der Waals surface area contributed by atoms with E-state index in [1.54, 1.807) is 45.0 Å². The van der Waals surface area contributed by atoms with Crippen LogP contribution in [0.5, 0.6) is 5.75 Å². The summed E-state index contributed by atoms with van der Waals surface area (Å²) in [5, 5.41) is -0.101. The highest BCUT2D eigenvalue weighted by Gasteiger charge is 2.39. The first-order valence-corrected chi connectivity index (χ1v) is 7.77. The molecule has 0 aliphatic carbocycles. The summed E-state index contributed by atoms with van der Waals surface area (Å²) in [6.07, 6.45) is -4.59. The van der Waals surface area contributed by atoms with Crippen molar-refractivity contribution in [2.45, 2.75) is 32.4 Å². The number of ether oxygens (including phenoxy) is 1. The summed E-state index contributed by atoms with van der Waals surface area (Å²) in [5.41, 5.74) is -0.637. The predicted molar refractivity (Wildman–Crippen MR) is 89.7 cm³/mol. The van der Waals surface area contributed by atoms with Crippen molar-refractivity contribution in [2.24, 2.45) is 0 Å². The van der Waals surface area contributed by atoms with Gasteiger partial charge in [-0.2, -0.15) is 13.2 Å². The Morgan fingerprint density at radius 2 is 1.64 bits per heavy atom. The van der Waals surface area contributed by atoms with Gasteiger partial charge >= 0.3 is 6.18 Å². The third-order valence-electron chi connectivity index (χ3n) is 3.87. The van der Waals surface area contributed by atoms with Gasteiger partial charge in [0.05, 0.1) is 18.2 Å². The van der Waals surface area contributed by atoms with Gasteiger partial charge in [0, 0.05) is 11.0 Å². The normalized spacial score (nSPS) is 12.6. The average Bonchev–Trinajstić information content (AvgIpc) is 2.97. The maximum Gasteiger partial charge on any atom is 0.434 e. The maximum atomic E-state index is 13.6. The zero-order valence-corrected chi connectivity index (χ0v) is 14.4. The molecule has 6 heteroatoms. The highest BCUT2D eigenvalue weighted by Crippen LogP contribution is 2.44. The number of halogens is 3. The van der Waals surface area contributed by atoms with E-state index >= 15 is 0 Å². The van der Waals surface area contributed by atoms with Crippen molar-refractivity contribution < 1.29 is 22.3 Å². The molecule has 0 bridgehead atoms. The van der Waals surface area contributed by atoms with Crippen LogP contribution in [0, 0.1) is 0 Å². The fourth-order valence-corrected chi connectivity index (χ4v) is 2.72. The smallest absolute Gasteiger partial charge is 0.434 e. The number of benzene rings is 1. The Balaban J connectivity index is 2.39. The molecular formula is C19H18F3NO2. The summed E-state index contributed by atoms with van der Waals surface area (Å²) < 4.78 is 51.9. The number of alkyl halides is 3. The van der Waals surface area contributed by atoms with Crippen molar-refractivity contribution in [1.82, 2.24) is 4.98 Å². The molecule has 0 aliphatic heterocycles. The van der Waals surface area contributed by atoms with Crippen LogP contribution in [-0.2, 0) is 11.6 Å². The standard InChI is InChI=1S/C19H18F3NO2/c1-18(2,3)17-15(24-4)14-12(16(23-17)19(20,21)22)10-13(25-14)11-8-6-5-7-9-11/h5-10H,1-4H3. The molecule has 132 valence electrons. The van der Waals surface area contributed by atoms with Crippen LogP contribution >= 0.6 is 0 Å².